The minimum Gasteiger partial charge on any atom is -0.495 e. The van der Waals surface area contributed by atoms with E-state index in [0.717, 1.165) is 17.3 Å². The Morgan fingerprint density at radius 2 is 1.94 bits per heavy atom. The van der Waals surface area contributed by atoms with Crippen LogP contribution in [0.4, 0.5) is 5.69 Å². The van der Waals surface area contributed by atoms with E-state index in [0.29, 0.717) is 30.5 Å². The van der Waals surface area contributed by atoms with Crippen LogP contribution in [0.1, 0.15) is 37.1 Å². The second-order valence-electron chi connectivity index (χ2n) is 7.58. The summed E-state index contributed by atoms with van der Waals surface area (Å²) < 4.78 is 14.0. The molecule has 0 amide bonds. The van der Waals surface area contributed by atoms with Crippen LogP contribution in [0, 0.1) is 12.8 Å². The van der Waals surface area contributed by atoms with Crippen LogP contribution in [0.3, 0.4) is 0 Å². The fraction of sp³-hybridized carbons (Fsp3) is 0.476. The lowest BCUT2D eigenvalue weighted by Crippen LogP contribution is -2.25. The number of anilines is 1. The Hall–Kier alpha value is -3.43. The van der Waals surface area contributed by atoms with E-state index in [1.54, 1.807) is 31.1 Å². The summed E-state index contributed by atoms with van der Waals surface area (Å²) in [5, 5.41) is 11.5. The summed E-state index contributed by atoms with van der Waals surface area (Å²) in [6.45, 7) is 6.82. The maximum atomic E-state index is 12.4. The second-order valence-corrected chi connectivity index (χ2v) is 7.58. The summed E-state index contributed by atoms with van der Waals surface area (Å²) in [6, 6.07) is 5.48. The van der Waals surface area contributed by atoms with Crippen LogP contribution in [0.15, 0.2) is 29.2 Å². The van der Waals surface area contributed by atoms with Crippen molar-refractivity contribution in [1.82, 2.24) is 29.5 Å². The third kappa shape index (κ3) is 5.39. The van der Waals surface area contributed by atoms with Gasteiger partial charge in [-0.2, -0.15) is 5.10 Å². The molecule has 1 N–H and O–H groups in total. The monoisotopic (exact) mass is 427 g/mol. The Morgan fingerprint density at radius 3 is 2.55 bits per heavy atom. The first-order valence-electron chi connectivity index (χ1n) is 10.1. The Balaban J connectivity index is 1.65. The van der Waals surface area contributed by atoms with Crippen molar-refractivity contribution in [3.05, 3.63) is 52.1 Å². The minimum absolute atomic E-state index is 0.176. The highest BCUT2D eigenvalue weighted by molar-refractivity contribution is 5.43. The number of pyridine rings is 1. The molecule has 0 radical (unpaired) electrons. The molecule has 31 heavy (non-hydrogen) atoms. The Kier molecular flexibility index (Phi) is 6.88. The van der Waals surface area contributed by atoms with Crippen LogP contribution in [-0.2, 0) is 20.6 Å². The number of nitrogens with one attached hydrogen (secondary N) is 1. The molecule has 3 heterocycles. The number of nitrogens with zero attached hydrogens (tertiary/aromatic N) is 6. The SMILES string of the molecule is COc1ccc(C(C)[C@H](C)COc2cc(NCc3nc(C)nn3C)c(=O)n(C)n2)nc1. The maximum Gasteiger partial charge on any atom is 0.290 e. The molecular formula is C21H29N7O3. The van der Waals surface area contributed by atoms with Gasteiger partial charge in [-0.25, -0.2) is 9.67 Å². The van der Waals surface area contributed by atoms with Gasteiger partial charge in [0, 0.05) is 31.8 Å². The second kappa shape index (κ2) is 9.59. The number of hydrogen-bond donors (Lipinski definition) is 1. The van der Waals surface area contributed by atoms with Gasteiger partial charge >= 0.3 is 0 Å². The largest absolute Gasteiger partial charge is 0.495 e. The van der Waals surface area contributed by atoms with Gasteiger partial charge in [0.05, 0.1) is 26.5 Å². The maximum absolute atomic E-state index is 12.4. The lowest BCUT2D eigenvalue weighted by atomic mass is 9.93. The van der Waals surface area contributed by atoms with Gasteiger partial charge in [-0.1, -0.05) is 13.8 Å². The summed E-state index contributed by atoms with van der Waals surface area (Å²) in [4.78, 5) is 21.2. The lowest BCUT2D eigenvalue weighted by Gasteiger charge is -2.20. The van der Waals surface area contributed by atoms with Gasteiger partial charge in [0.25, 0.3) is 5.56 Å². The van der Waals surface area contributed by atoms with E-state index in [9.17, 15) is 4.79 Å². The molecule has 0 aliphatic carbocycles. The molecule has 0 aliphatic heterocycles. The van der Waals surface area contributed by atoms with E-state index in [-0.39, 0.29) is 17.4 Å². The average molecular weight is 428 g/mol. The summed E-state index contributed by atoms with van der Waals surface area (Å²) >= 11 is 0. The smallest absolute Gasteiger partial charge is 0.290 e. The third-order valence-corrected chi connectivity index (χ3v) is 5.25. The normalized spacial score (nSPS) is 13.0. The van der Waals surface area contributed by atoms with Gasteiger partial charge < -0.3 is 14.8 Å². The van der Waals surface area contributed by atoms with E-state index in [1.165, 1.54) is 4.68 Å². The van der Waals surface area contributed by atoms with E-state index >= 15 is 0 Å². The molecule has 2 atom stereocenters. The van der Waals surface area contributed by atoms with Crippen molar-refractivity contribution < 1.29 is 9.47 Å². The Morgan fingerprint density at radius 1 is 1.16 bits per heavy atom. The molecule has 0 saturated carbocycles. The standard InChI is InChI=1S/C21H29N7O3/c1-13(14(2)17-8-7-16(30-6)10-22-17)12-31-20-9-18(21(29)28(5)26-20)23-11-19-24-15(3)25-27(19)4/h7-10,13-14,23H,11-12H2,1-6H3/t13-,14?/m1/s1. The van der Waals surface area contributed by atoms with Crippen LogP contribution in [0.25, 0.3) is 0 Å². The molecule has 3 aromatic heterocycles. The molecule has 3 rings (SSSR count). The van der Waals surface area contributed by atoms with Gasteiger partial charge in [-0.15, -0.1) is 5.10 Å². The number of methoxy groups -OCH3 is 1. The first kappa shape index (κ1) is 22.3. The van der Waals surface area contributed by atoms with Gasteiger partial charge in [0.1, 0.15) is 23.1 Å². The topological polar surface area (TPSA) is 109 Å². The summed E-state index contributed by atoms with van der Waals surface area (Å²) in [5.74, 6) is 2.87. The van der Waals surface area contributed by atoms with E-state index < -0.39 is 0 Å². The predicted molar refractivity (Wildman–Crippen MR) is 116 cm³/mol. The minimum atomic E-state index is -0.241. The Labute approximate surface area is 181 Å². The first-order chi connectivity index (χ1) is 14.8. The molecule has 0 saturated heterocycles. The van der Waals surface area contributed by atoms with Crippen molar-refractivity contribution in [2.75, 3.05) is 19.0 Å². The molecule has 0 spiro atoms. The van der Waals surface area contributed by atoms with Crippen LogP contribution in [-0.4, -0.2) is 43.2 Å². The van der Waals surface area contributed by atoms with E-state index in [2.05, 4.69) is 39.3 Å². The van der Waals surface area contributed by atoms with Crippen LogP contribution >= 0.6 is 0 Å². The van der Waals surface area contributed by atoms with Crippen molar-refractivity contribution in [2.24, 2.45) is 20.0 Å². The molecule has 10 nitrogen and oxygen atoms in total. The van der Waals surface area contributed by atoms with Crippen molar-refractivity contribution in [2.45, 2.75) is 33.2 Å². The summed E-state index contributed by atoms with van der Waals surface area (Å²) in [5.41, 5.74) is 1.12. The van der Waals surface area contributed by atoms with Crippen LogP contribution < -0.4 is 20.3 Å². The van der Waals surface area contributed by atoms with Gasteiger partial charge in [-0.05, 0) is 25.0 Å². The van der Waals surface area contributed by atoms with Crippen LogP contribution in [0.2, 0.25) is 0 Å². The molecule has 0 bridgehead atoms. The first-order valence-corrected chi connectivity index (χ1v) is 10.1. The highest BCUT2D eigenvalue weighted by Gasteiger charge is 2.18. The van der Waals surface area contributed by atoms with Crippen molar-refractivity contribution in [3.63, 3.8) is 0 Å². The number of hydrogen-bond acceptors (Lipinski definition) is 8. The zero-order valence-corrected chi connectivity index (χ0v) is 18.8. The third-order valence-electron chi connectivity index (χ3n) is 5.25. The van der Waals surface area contributed by atoms with Crippen molar-refractivity contribution >= 4 is 5.69 Å². The predicted octanol–water partition coefficient (Wildman–Crippen LogP) is 2.05. The van der Waals surface area contributed by atoms with Crippen molar-refractivity contribution in [3.8, 4) is 11.6 Å². The van der Waals surface area contributed by atoms with E-state index in [4.69, 9.17) is 9.47 Å². The molecule has 3 aromatic rings. The number of rotatable bonds is 9. The molecule has 0 aromatic carbocycles. The summed E-state index contributed by atoms with van der Waals surface area (Å²) in [7, 11) is 5.03. The number of ether oxygens (including phenoxy) is 2. The fourth-order valence-electron chi connectivity index (χ4n) is 3.10. The number of aryl methyl sites for hydroxylation is 3. The molecule has 0 aliphatic rings. The van der Waals surface area contributed by atoms with Gasteiger partial charge in [0.2, 0.25) is 5.88 Å². The molecular weight excluding hydrogens is 398 g/mol. The van der Waals surface area contributed by atoms with Gasteiger partial charge in [-0.3, -0.25) is 14.5 Å². The molecule has 166 valence electrons. The fourth-order valence-corrected chi connectivity index (χ4v) is 3.10. The lowest BCUT2D eigenvalue weighted by molar-refractivity contribution is 0.228. The van der Waals surface area contributed by atoms with Crippen molar-refractivity contribution in [1.29, 1.82) is 0 Å². The highest BCUT2D eigenvalue weighted by Crippen LogP contribution is 2.24. The number of aromatic nitrogens is 6. The van der Waals surface area contributed by atoms with Gasteiger partial charge in [0.15, 0.2) is 0 Å². The molecule has 10 heteroatoms. The molecule has 0 fully saturated rings. The average Bonchev–Trinajstić information content (AvgIpc) is 3.09. The Bertz CT molecular complexity index is 1080. The zero-order chi connectivity index (χ0) is 22.5. The quantitative estimate of drug-likeness (QED) is 0.553. The van der Waals surface area contributed by atoms with E-state index in [1.807, 2.05) is 26.1 Å². The summed E-state index contributed by atoms with van der Waals surface area (Å²) in [6.07, 6.45) is 1.71. The molecule has 1 unspecified atom stereocenters. The zero-order valence-electron chi connectivity index (χ0n) is 18.8. The van der Waals surface area contributed by atoms with Crippen LogP contribution in [0.5, 0.6) is 11.6 Å². The highest BCUT2D eigenvalue weighted by atomic mass is 16.5.